The summed E-state index contributed by atoms with van der Waals surface area (Å²) in [4.78, 5) is 4.01. The van der Waals surface area contributed by atoms with Gasteiger partial charge in [0.05, 0.1) is 6.61 Å². The van der Waals surface area contributed by atoms with Crippen LogP contribution in [0.3, 0.4) is 0 Å². The molecule has 0 aliphatic heterocycles. The van der Waals surface area contributed by atoms with E-state index in [2.05, 4.69) is 4.98 Å². The standard InChI is InChI=1S/C10H15N3O2/c1-7(6-14-2)15-9-5-8(10(11)12)3-4-13-9/h3-5,7H,6H2,1-2H3,(H3,11,12). The normalized spacial score (nSPS) is 12.1. The lowest BCUT2D eigenvalue weighted by molar-refractivity contribution is 0.0890. The fourth-order valence-electron chi connectivity index (χ4n) is 1.12. The van der Waals surface area contributed by atoms with Crippen LogP contribution in [0.5, 0.6) is 5.88 Å². The van der Waals surface area contributed by atoms with Gasteiger partial charge in [0.2, 0.25) is 5.88 Å². The quantitative estimate of drug-likeness (QED) is 0.554. The molecule has 0 spiro atoms. The number of ether oxygens (including phenoxy) is 2. The zero-order valence-electron chi connectivity index (χ0n) is 8.86. The lowest BCUT2D eigenvalue weighted by atomic mass is 10.2. The highest BCUT2D eigenvalue weighted by Gasteiger charge is 2.05. The summed E-state index contributed by atoms with van der Waals surface area (Å²) in [5, 5.41) is 7.27. The summed E-state index contributed by atoms with van der Waals surface area (Å²) >= 11 is 0. The number of aromatic nitrogens is 1. The van der Waals surface area contributed by atoms with Crippen molar-refractivity contribution in [2.24, 2.45) is 5.73 Å². The average molecular weight is 209 g/mol. The van der Waals surface area contributed by atoms with Gasteiger partial charge in [-0.3, -0.25) is 5.41 Å². The number of methoxy groups -OCH3 is 1. The van der Waals surface area contributed by atoms with Crippen molar-refractivity contribution >= 4 is 5.84 Å². The van der Waals surface area contributed by atoms with Gasteiger partial charge in [0.15, 0.2) is 0 Å². The van der Waals surface area contributed by atoms with Crippen LogP contribution < -0.4 is 10.5 Å². The third-order valence-corrected chi connectivity index (χ3v) is 1.77. The van der Waals surface area contributed by atoms with Crippen LogP contribution in [0.1, 0.15) is 12.5 Å². The van der Waals surface area contributed by atoms with Crippen LogP contribution in [0.2, 0.25) is 0 Å². The molecule has 3 N–H and O–H groups in total. The van der Waals surface area contributed by atoms with Gasteiger partial charge in [-0.15, -0.1) is 0 Å². The molecule has 1 atom stereocenters. The molecular weight excluding hydrogens is 194 g/mol. The van der Waals surface area contributed by atoms with Gasteiger partial charge < -0.3 is 15.2 Å². The summed E-state index contributed by atoms with van der Waals surface area (Å²) in [5.74, 6) is 0.453. The number of pyridine rings is 1. The minimum atomic E-state index is -0.0790. The Bertz CT molecular complexity index is 341. The van der Waals surface area contributed by atoms with E-state index in [1.807, 2.05) is 6.92 Å². The van der Waals surface area contributed by atoms with E-state index in [1.54, 1.807) is 25.4 Å². The van der Waals surface area contributed by atoms with Crippen molar-refractivity contribution in [1.82, 2.24) is 4.98 Å². The third kappa shape index (κ3) is 3.55. The first-order valence-corrected chi connectivity index (χ1v) is 4.59. The van der Waals surface area contributed by atoms with Gasteiger partial charge in [-0.2, -0.15) is 0 Å². The SMILES string of the molecule is COCC(C)Oc1cc(C(=N)N)ccn1. The van der Waals surface area contributed by atoms with E-state index in [1.165, 1.54) is 0 Å². The zero-order chi connectivity index (χ0) is 11.3. The van der Waals surface area contributed by atoms with Gasteiger partial charge in [0.25, 0.3) is 0 Å². The van der Waals surface area contributed by atoms with Crippen molar-refractivity contribution in [3.05, 3.63) is 23.9 Å². The minimum absolute atomic E-state index is 0.00152. The fraction of sp³-hybridized carbons (Fsp3) is 0.400. The Labute approximate surface area is 88.7 Å². The Morgan fingerprint density at radius 2 is 2.40 bits per heavy atom. The first-order chi connectivity index (χ1) is 7.13. The zero-order valence-corrected chi connectivity index (χ0v) is 8.86. The van der Waals surface area contributed by atoms with Crippen LogP contribution in [0, 0.1) is 5.41 Å². The summed E-state index contributed by atoms with van der Waals surface area (Å²) in [6.45, 7) is 2.37. The summed E-state index contributed by atoms with van der Waals surface area (Å²) in [6.07, 6.45) is 1.48. The summed E-state index contributed by atoms with van der Waals surface area (Å²) in [5.41, 5.74) is 5.95. The molecule has 0 aromatic carbocycles. The molecule has 5 heteroatoms. The Morgan fingerprint density at radius 3 is 3.00 bits per heavy atom. The van der Waals surface area contributed by atoms with Gasteiger partial charge in [0.1, 0.15) is 11.9 Å². The van der Waals surface area contributed by atoms with Crippen LogP contribution in [0.4, 0.5) is 0 Å². The monoisotopic (exact) mass is 209 g/mol. The Morgan fingerprint density at radius 1 is 1.67 bits per heavy atom. The van der Waals surface area contributed by atoms with Gasteiger partial charge >= 0.3 is 0 Å². The molecule has 1 heterocycles. The Balaban J connectivity index is 2.69. The van der Waals surface area contributed by atoms with Gasteiger partial charge in [-0.25, -0.2) is 4.98 Å². The molecule has 0 radical (unpaired) electrons. The highest BCUT2D eigenvalue weighted by atomic mass is 16.5. The second-order valence-electron chi connectivity index (χ2n) is 3.18. The number of hydrogen-bond acceptors (Lipinski definition) is 4. The fourth-order valence-corrected chi connectivity index (χ4v) is 1.12. The van der Waals surface area contributed by atoms with Crippen molar-refractivity contribution in [3.8, 4) is 5.88 Å². The van der Waals surface area contributed by atoms with Gasteiger partial charge in [-0.1, -0.05) is 0 Å². The average Bonchev–Trinajstić information content (AvgIpc) is 2.18. The van der Waals surface area contributed by atoms with E-state index in [0.717, 1.165) is 0 Å². The Hall–Kier alpha value is -1.62. The maximum Gasteiger partial charge on any atom is 0.214 e. The van der Waals surface area contributed by atoms with Crippen molar-refractivity contribution in [1.29, 1.82) is 5.41 Å². The lowest BCUT2D eigenvalue weighted by Crippen LogP contribution is -2.19. The molecule has 15 heavy (non-hydrogen) atoms. The highest BCUT2D eigenvalue weighted by Crippen LogP contribution is 2.10. The number of rotatable bonds is 5. The largest absolute Gasteiger partial charge is 0.472 e. The second-order valence-corrected chi connectivity index (χ2v) is 3.18. The summed E-state index contributed by atoms with van der Waals surface area (Å²) < 4.78 is 10.4. The summed E-state index contributed by atoms with van der Waals surface area (Å²) in [7, 11) is 1.61. The second kappa shape index (κ2) is 5.31. The molecule has 0 amide bonds. The number of nitrogens with one attached hydrogen (secondary N) is 1. The summed E-state index contributed by atoms with van der Waals surface area (Å²) in [6, 6.07) is 3.30. The van der Waals surface area contributed by atoms with E-state index in [4.69, 9.17) is 20.6 Å². The van der Waals surface area contributed by atoms with Crippen LogP contribution in [0.25, 0.3) is 0 Å². The molecule has 0 aliphatic rings. The molecule has 0 saturated carbocycles. The maximum atomic E-state index is 7.27. The molecule has 1 aromatic rings. The third-order valence-electron chi connectivity index (χ3n) is 1.77. The van der Waals surface area contributed by atoms with E-state index < -0.39 is 0 Å². The molecule has 0 aliphatic carbocycles. The molecule has 1 unspecified atom stereocenters. The topological polar surface area (TPSA) is 81.2 Å². The predicted octanol–water partition coefficient (Wildman–Crippen LogP) is 0.779. The highest BCUT2D eigenvalue weighted by molar-refractivity contribution is 5.95. The molecule has 5 nitrogen and oxygen atoms in total. The maximum absolute atomic E-state index is 7.27. The lowest BCUT2D eigenvalue weighted by Gasteiger charge is -2.12. The number of hydrogen-bond donors (Lipinski definition) is 2. The molecule has 1 rings (SSSR count). The van der Waals surface area contributed by atoms with Crippen molar-refractivity contribution in [3.63, 3.8) is 0 Å². The predicted molar refractivity (Wildman–Crippen MR) is 57.2 cm³/mol. The molecule has 0 saturated heterocycles. The molecule has 1 aromatic heterocycles. The number of nitrogens with two attached hydrogens (primary N) is 1. The van der Waals surface area contributed by atoms with Crippen LogP contribution in [-0.4, -0.2) is 30.6 Å². The molecular formula is C10H15N3O2. The van der Waals surface area contributed by atoms with Crippen molar-refractivity contribution in [2.75, 3.05) is 13.7 Å². The van der Waals surface area contributed by atoms with Crippen LogP contribution in [0.15, 0.2) is 18.3 Å². The van der Waals surface area contributed by atoms with Crippen molar-refractivity contribution < 1.29 is 9.47 Å². The smallest absolute Gasteiger partial charge is 0.214 e. The van der Waals surface area contributed by atoms with Crippen LogP contribution in [-0.2, 0) is 4.74 Å². The van der Waals surface area contributed by atoms with Crippen LogP contribution >= 0.6 is 0 Å². The Kier molecular flexibility index (Phi) is 4.05. The van der Waals surface area contributed by atoms with Crippen molar-refractivity contribution in [2.45, 2.75) is 13.0 Å². The first-order valence-electron chi connectivity index (χ1n) is 4.59. The first kappa shape index (κ1) is 11.5. The van der Waals surface area contributed by atoms with Gasteiger partial charge in [-0.05, 0) is 13.0 Å². The molecule has 0 fully saturated rings. The van der Waals surface area contributed by atoms with E-state index in [9.17, 15) is 0 Å². The van der Waals surface area contributed by atoms with E-state index in [-0.39, 0.29) is 11.9 Å². The number of amidine groups is 1. The number of nitrogens with zero attached hydrogens (tertiary/aromatic N) is 1. The van der Waals surface area contributed by atoms with Gasteiger partial charge in [0, 0.05) is 24.9 Å². The van der Waals surface area contributed by atoms with E-state index in [0.29, 0.717) is 18.1 Å². The number of nitrogen functional groups attached to an aromatic ring is 1. The van der Waals surface area contributed by atoms with E-state index >= 15 is 0 Å². The molecule has 82 valence electrons. The minimum Gasteiger partial charge on any atom is -0.472 e. The molecule has 0 bridgehead atoms.